The number of carbonyl (C=O) groups excluding carboxylic acids is 1. The lowest BCUT2D eigenvalue weighted by Crippen LogP contribution is -2.37. The van der Waals surface area contributed by atoms with E-state index in [9.17, 15) is 9.90 Å². The molecule has 0 aliphatic rings. The van der Waals surface area contributed by atoms with Crippen LogP contribution in [0.2, 0.25) is 5.02 Å². The van der Waals surface area contributed by atoms with Crippen molar-refractivity contribution < 1.29 is 9.90 Å². The van der Waals surface area contributed by atoms with Gasteiger partial charge in [-0.25, -0.2) is 0 Å². The van der Waals surface area contributed by atoms with E-state index in [0.717, 1.165) is 5.56 Å². The fourth-order valence-electron chi connectivity index (χ4n) is 2.36. The van der Waals surface area contributed by atoms with Crippen molar-refractivity contribution >= 4 is 17.5 Å². The monoisotopic (exact) mass is 342 g/mol. The SMILES string of the molecule is CC(NC(=O)CCc1ccc(C#N)cc1)C(O)c1ccc(Cl)cc1. The first-order chi connectivity index (χ1) is 11.5. The molecule has 0 saturated carbocycles. The topological polar surface area (TPSA) is 73.1 Å². The molecule has 1 amide bonds. The highest BCUT2D eigenvalue weighted by Crippen LogP contribution is 2.19. The van der Waals surface area contributed by atoms with Gasteiger partial charge < -0.3 is 10.4 Å². The van der Waals surface area contributed by atoms with Crippen LogP contribution < -0.4 is 5.32 Å². The van der Waals surface area contributed by atoms with Crippen molar-refractivity contribution in [3.05, 3.63) is 70.2 Å². The lowest BCUT2D eigenvalue weighted by atomic mass is 10.0. The molecule has 0 aliphatic heterocycles. The van der Waals surface area contributed by atoms with Gasteiger partial charge in [0, 0.05) is 11.4 Å². The lowest BCUT2D eigenvalue weighted by Gasteiger charge is -2.20. The van der Waals surface area contributed by atoms with Crippen LogP contribution in [0, 0.1) is 11.3 Å². The molecule has 124 valence electrons. The molecule has 2 unspecified atom stereocenters. The molecule has 0 saturated heterocycles. The normalized spacial score (nSPS) is 12.9. The van der Waals surface area contributed by atoms with Crippen molar-refractivity contribution in [3.8, 4) is 6.07 Å². The van der Waals surface area contributed by atoms with Gasteiger partial charge in [-0.2, -0.15) is 5.26 Å². The molecule has 0 radical (unpaired) electrons. The third-order valence-corrected chi connectivity index (χ3v) is 4.05. The maximum Gasteiger partial charge on any atom is 0.220 e. The first-order valence-electron chi connectivity index (χ1n) is 7.71. The molecule has 0 spiro atoms. The number of hydrogen-bond acceptors (Lipinski definition) is 3. The van der Waals surface area contributed by atoms with E-state index in [1.807, 2.05) is 12.1 Å². The fourth-order valence-corrected chi connectivity index (χ4v) is 2.48. The van der Waals surface area contributed by atoms with E-state index >= 15 is 0 Å². The number of aliphatic hydroxyl groups excluding tert-OH is 1. The van der Waals surface area contributed by atoms with Crippen molar-refractivity contribution in [1.29, 1.82) is 5.26 Å². The second-order valence-electron chi connectivity index (χ2n) is 5.66. The Hall–Kier alpha value is -2.35. The van der Waals surface area contributed by atoms with Gasteiger partial charge in [0.15, 0.2) is 0 Å². The van der Waals surface area contributed by atoms with Crippen molar-refractivity contribution in [3.63, 3.8) is 0 Å². The van der Waals surface area contributed by atoms with Crippen molar-refractivity contribution in [2.75, 3.05) is 0 Å². The van der Waals surface area contributed by atoms with Gasteiger partial charge in [-0.15, -0.1) is 0 Å². The summed E-state index contributed by atoms with van der Waals surface area (Å²) in [6.45, 7) is 1.76. The van der Waals surface area contributed by atoms with Crippen molar-refractivity contribution in [1.82, 2.24) is 5.32 Å². The van der Waals surface area contributed by atoms with Crippen LogP contribution in [-0.4, -0.2) is 17.1 Å². The highest BCUT2D eigenvalue weighted by atomic mass is 35.5. The number of nitrogens with zero attached hydrogens (tertiary/aromatic N) is 1. The van der Waals surface area contributed by atoms with Crippen LogP contribution in [-0.2, 0) is 11.2 Å². The number of amides is 1. The Morgan fingerprint density at radius 1 is 1.21 bits per heavy atom. The summed E-state index contributed by atoms with van der Waals surface area (Å²) in [6.07, 6.45) is 0.117. The number of aliphatic hydroxyl groups is 1. The Balaban J connectivity index is 1.84. The number of nitriles is 1. The maximum atomic E-state index is 12.0. The van der Waals surface area contributed by atoms with Crippen molar-refractivity contribution in [2.24, 2.45) is 0 Å². The van der Waals surface area contributed by atoms with Gasteiger partial charge >= 0.3 is 0 Å². The van der Waals surface area contributed by atoms with Crippen LogP contribution in [0.3, 0.4) is 0 Å². The van der Waals surface area contributed by atoms with E-state index in [1.54, 1.807) is 43.3 Å². The quantitative estimate of drug-likeness (QED) is 0.845. The van der Waals surface area contributed by atoms with Crippen LogP contribution >= 0.6 is 11.6 Å². The fraction of sp³-hybridized carbons (Fsp3) is 0.263. The highest BCUT2D eigenvalue weighted by Gasteiger charge is 2.18. The zero-order chi connectivity index (χ0) is 17.5. The summed E-state index contributed by atoms with van der Waals surface area (Å²) in [7, 11) is 0. The number of benzene rings is 2. The molecule has 0 aromatic heterocycles. The molecule has 24 heavy (non-hydrogen) atoms. The Morgan fingerprint density at radius 3 is 2.42 bits per heavy atom. The number of halogens is 1. The van der Waals surface area contributed by atoms with E-state index in [1.165, 1.54) is 0 Å². The summed E-state index contributed by atoms with van der Waals surface area (Å²) < 4.78 is 0. The summed E-state index contributed by atoms with van der Waals surface area (Å²) in [5, 5.41) is 22.5. The summed E-state index contributed by atoms with van der Waals surface area (Å²) in [5.41, 5.74) is 2.30. The van der Waals surface area contributed by atoms with Gasteiger partial charge in [0.05, 0.1) is 23.8 Å². The van der Waals surface area contributed by atoms with E-state index in [0.29, 0.717) is 29.0 Å². The zero-order valence-corrected chi connectivity index (χ0v) is 14.1. The zero-order valence-electron chi connectivity index (χ0n) is 13.4. The molecule has 0 aliphatic carbocycles. The summed E-state index contributed by atoms with van der Waals surface area (Å²) in [6, 6.07) is 15.7. The second-order valence-corrected chi connectivity index (χ2v) is 6.10. The Labute approximate surface area is 146 Å². The van der Waals surface area contributed by atoms with E-state index in [4.69, 9.17) is 16.9 Å². The van der Waals surface area contributed by atoms with Gasteiger partial charge in [0.1, 0.15) is 0 Å². The molecular weight excluding hydrogens is 324 g/mol. The molecule has 0 heterocycles. The van der Waals surface area contributed by atoms with Crippen LogP contribution in [0.25, 0.3) is 0 Å². The van der Waals surface area contributed by atoms with E-state index < -0.39 is 12.1 Å². The van der Waals surface area contributed by atoms with Crippen LogP contribution in [0.1, 0.15) is 36.1 Å². The standard InChI is InChI=1S/C19H19ClN2O2/c1-13(19(24)16-7-9-17(20)10-8-16)22-18(23)11-6-14-2-4-15(12-21)5-3-14/h2-5,7-10,13,19,24H,6,11H2,1H3,(H,22,23). The lowest BCUT2D eigenvalue weighted by molar-refractivity contribution is -0.122. The van der Waals surface area contributed by atoms with E-state index in [-0.39, 0.29) is 5.91 Å². The predicted molar refractivity (Wildman–Crippen MR) is 93.5 cm³/mol. The van der Waals surface area contributed by atoms with Gasteiger partial charge in [-0.1, -0.05) is 35.9 Å². The van der Waals surface area contributed by atoms with Crippen LogP contribution in [0.15, 0.2) is 48.5 Å². The smallest absolute Gasteiger partial charge is 0.220 e. The third kappa shape index (κ3) is 5.09. The summed E-state index contributed by atoms with van der Waals surface area (Å²) in [5.74, 6) is -0.125. The average Bonchev–Trinajstić information content (AvgIpc) is 2.60. The van der Waals surface area contributed by atoms with Crippen LogP contribution in [0.5, 0.6) is 0 Å². The largest absolute Gasteiger partial charge is 0.386 e. The molecule has 2 N–H and O–H groups in total. The Kier molecular flexibility index (Phi) is 6.36. The molecule has 0 fully saturated rings. The molecule has 2 atom stereocenters. The minimum absolute atomic E-state index is 0.125. The number of nitrogens with one attached hydrogen (secondary N) is 1. The molecule has 5 heteroatoms. The molecular formula is C19H19ClN2O2. The van der Waals surface area contributed by atoms with E-state index in [2.05, 4.69) is 11.4 Å². The van der Waals surface area contributed by atoms with Crippen molar-refractivity contribution in [2.45, 2.75) is 31.9 Å². The molecule has 2 aromatic rings. The van der Waals surface area contributed by atoms with Gasteiger partial charge in [-0.3, -0.25) is 4.79 Å². The Morgan fingerprint density at radius 2 is 1.83 bits per heavy atom. The van der Waals surface area contributed by atoms with Gasteiger partial charge in [0.2, 0.25) is 5.91 Å². The molecule has 2 rings (SSSR count). The van der Waals surface area contributed by atoms with Gasteiger partial charge in [-0.05, 0) is 48.7 Å². The van der Waals surface area contributed by atoms with Gasteiger partial charge in [0.25, 0.3) is 0 Å². The Bertz CT molecular complexity index is 721. The van der Waals surface area contributed by atoms with Crippen LogP contribution in [0.4, 0.5) is 0 Å². The summed E-state index contributed by atoms with van der Waals surface area (Å²) >= 11 is 5.83. The first-order valence-corrected chi connectivity index (χ1v) is 8.09. The molecule has 0 bridgehead atoms. The minimum atomic E-state index is -0.791. The third-order valence-electron chi connectivity index (χ3n) is 3.80. The predicted octanol–water partition coefficient (Wildman–Crippen LogP) is 3.38. The first kappa shape index (κ1) is 18.0. The number of rotatable bonds is 6. The number of carbonyl (C=O) groups is 1. The highest BCUT2D eigenvalue weighted by molar-refractivity contribution is 6.30. The second kappa shape index (κ2) is 8.49. The number of aryl methyl sites for hydroxylation is 1. The summed E-state index contributed by atoms with van der Waals surface area (Å²) in [4.78, 5) is 12.0. The molecule has 2 aromatic carbocycles. The number of hydrogen-bond donors (Lipinski definition) is 2. The molecule has 4 nitrogen and oxygen atoms in total. The maximum absolute atomic E-state index is 12.0. The minimum Gasteiger partial charge on any atom is -0.386 e. The average molecular weight is 343 g/mol.